The van der Waals surface area contributed by atoms with Gasteiger partial charge in [0, 0.05) is 0 Å². The van der Waals surface area contributed by atoms with E-state index in [-0.39, 0.29) is 13.2 Å². The fraction of sp³-hybridized carbons (Fsp3) is 0.714. The summed E-state index contributed by atoms with van der Waals surface area (Å²) >= 11 is 0. The summed E-state index contributed by atoms with van der Waals surface area (Å²) < 4.78 is 40.6. The second-order valence-electron chi connectivity index (χ2n) is 7.75. The summed E-state index contributed by atoms with van der Waals surface area (Å²) in [4.78, 5) is 0. The Morgan fingerprint density at radius 2 is 1.28 bits per heavy atom. The summed E-state index contributed by atoms with van der Waals surface area (Å²) in [7, 11) is 0. The molecule has 0 radical (unpaired) electrons. The molecule has 0 aromatic heterocycles. The predicted octanol–water partition coefficient (Wildman–Crippen LogP) is 7.32. The number of alkyl halides is 3. The molecule has 0 unspecified atom stereocenters. The van der Waals surface area contributed by atoms with Crippen molar-refractivity contribution in [1.29, 1.82) is 0 Å². The Labute approximate surface area is 150 Å². The van der Waals surface area contributed by atoms with Crippen LogP contribution in [0.3, 0.4) is 0 Å². The van der Waals surface area contributed by atoms with E-state index in [4.69, 9.17) is 0 Å². The molecule has 0 saturated heterocycles. The molecule has 0 N–H and O–H groups in total. The molecule has 3 rings (SSSR count). The van der Waals surface area contributed by atoms with E-state index < -0.39 is 6.36 Å². The van der Waals surface area contributed by atoms with E-state index in [1.54, 1.807) is 12.1 Å². The number of ether oxygens (including phenoxy) is 1. The Kier molecular flexibility index (Phi) is 6.81. The van der Waals surface area contributed by atoms with Gasteiger partial charge in [0.1, 0.15) is 5.75 Å². The molecule has 0 heterocycles. The van der Waals surface area contributed by atoms with E-state index in [0.717, 1.165) is 36.2 Å². The first-order valence-corrected chi connectivity index (χ1v) is 9.26. The average Bonchev–Trinajstić information content (AvgIpc) is 2.55. The monoisotopic (exact) mass is 356 g/mol. The van der Waals surface area contributed by atoms with Crippen LogP contribution in [0.15, 0.2) is 24.3 Å². The molecule has 0 spiro atoms. The van der Waals surface area contributed by atoms with Crippen molar-refractivity contribution in [2.45, 2.75) is 78.0 Å². The smallest absolute Gasteiger partial charge is 0.406 e. The summed E-state index contributed by atoms with van der Waals surface area (Å²) in [6.45, 7) is 2.36. The van der Waals surface area contributed by atoms with E-state index >= 15 is 0 Å². The topological polar surface area (TPSA) is 9.23 Å². The van der Waals surface area contributed by atoms with Crippen molar-refractivity contribution in [3.8, 4) is 5.75 Å². The number of hydrogen-bond donors (Lipinski definition) is 0. The third-order valence-electron chi connectivity index (χ3n) is 6.08. The maximum absolute atomic E-state index is 12.2. The van der Waals surface area contributed by atoms with Crippen LogP contribution in [0.2, 0.25) is 0 Å². The fourth-order valence-electron chi connectivity index (χ4n) is 4.62. The second-order valence-corrected chi connectivity index (χ2v) is 7.75. The zero-order chi connectivity index (χ0) is 17.2. The van der Waals surface area contributed by atoms with Gasteiger partial charge in [-0.25, -0.2) is 0 Å². The van der Waals surface area contributed by atoms with Gasteiger partial charge in [-0.3, -0.25) is 0 Å². The molecule has 0 amide bonds. The van der Waals surface area contributed by atoms with Gasteiger partial charge in [-0.1, -0.05) is 39.3 Å². The SMILES string of the molecule is C.CC1CCC(C2CCC(c3ccc(OC(F)(F)F)cc3)CC2)CC1. The van der Waals surface area contributed by atoms with Crippen molar-refractivity contribution in [3.63, 3.8) is 0 Å². The maximum atomic E-state index is 12.2. The van der Waals surface area contributed by atoms with Gasteiger partial charge in [0.15, 0.2) is 0 Å². The normalized spacial score (nSPS) is 30.4. The molecule has 142 valence electrons. The molecule has 0 aliphatic heterocycles. The van der Waals surface area contributed by atoms with Crippen molar-refractivity contribution < 1.29 is 17.9 Å². The first kappa shape index (κ1) is 20.1. The van der Waals surface area contributed by atoms with E-state index in [0.29, 0.717) is 5.92 Å². The van der Waals surface area contributed by atoms with Gasteiger partial charge in [0.05, 0.1) is 0 Å². The van der Waals surface area contributed by atoms with Crippen LogP contribution in [0.5, 0.6) is 5.75 Å². The molecule has 4 heteroatoms. The van der Waals surface area contributed by atoms with Crippen LogP contribution in [0.25, 0.3) is 0 Å². The molecule has 0 atom stereocenters. The molecule has 2 saturated carbocycles. The summed E-state index contributed by atoms with van der Waals surface area (Å²) in [5.41, 5.74) is 1.15. The third-order valence-corrected chi connectivity index (χ3v) is 6.08. The molecule has 0 bridgehead atoms. The average molecular weight is 356 g/mol. The molecule has 1 aromatic rings. The Balaban J connectivity index is 0.00000225. The summed E-state index contributed by atoms with van der Waals surface area (Å²) in [5.74, 6) is 3.03. The highest BCUT2D eigenvalue weighted by Gasteiger charge is 2.32. The van der Waals surface area contributed by atoms with Gasteiger partial charge in [0.2, 0.25) is 0 Å². The maximum Gasteiger partial charge on any atom is 0.573 e. The number of halogens is 3. The van der Waals surface area contributed by atoms with Gasteiger partial charge in [-0.15, -0.1) is 13.2 Å². The van der Waals surface area contributed by atoms with Gasteiger partial charge in [-0.05, 0) is 79.9 Å². The lowest BCUT2D eigenvalue weighted by Gasteiger charge is -2.37. The van der Waals surface area contributed by atoms with Crippen LogP contribution in [0, 0.1) is 17.8 Å². The highest BCUT2D eigenvalue weighted by Crippen LogP contribution is 2.44. The lowest BCUT2D eigenvalue weighted by molar-refractivity contribution is -0.274. The highest BCUT2D eigenvalue weighted by atomic mass is 19.4. The van der Waals surface area contributed by atoms with E-state index in [1.807, 2.05) is 0 Å². The molecule has 1 aromatic carbocycles. The highest BCUT2D eigenvalue weighted by molar-refractivity contribution is 5.29. The minimum atomic E-state index is -4.61. The first-order chi connectivity index (χ1) is 11.4. The second kappa shape index (κ2) is 8.46. The predicted molar refractivity (Wildman–Crippen MR) is 95.7 cm³/mol. The van der Waals surface area contributed by atoms with Crippen LogP contribution in [0.1, 0.15) is 77.2 Å². The van der Waals surface area contributed by atoms with Crippen molar-refractivity contribution in [1.82, 2.24) is 0 Å². The fourth-order valence-corrected chi connectivity index (χ4v) is 4.62. The van der Waals surface area contributed by atoms with Crippen LogP contribution < -0.4 is 4.74 Å². The van der Waals surface area contributed by atoms with Crippen molar-refractivity contribution in [2.75, 3.05) is 0 Å². The van der Waals surface area contributed by atoms with E-state index in [1.165, 1.54) is 50.7 Å². The van der Waals surface area contributed by atoms with Gasteiger partial charge in [-0.2, -0.15) is 0 Å². The number of benzene rings is 1. The third kappa shape index (κ3) is 5.65. The van der Waals surface area contributed by atoms with Crippen molar-refractivity contribution in [2.24, 2.45) is 17.8 Å². The summed E-state index contributed by atoms with van der Waals surface area (Å²) in [6, 6.07) is 6.48. The summed E-state index contributed by atoms with van der Waals surface area (Å²) in [5, 5.41) is 0. The molecule has 2 aliphatic rings. The molecular formula is C21H31F3O. The standard InChI is InChI=1S/C20H27F3O.CH4/c1-14-2-4-15(5-3-14)16-6-8-17(9-7-16)18-10-12-19(13-11-18)24-20(21,22)23;/h10-17H,2-9H2,1H3;1H4. The number of hydrogen-bond acceptors (Lipinski definition) is 1. The van der Waals surface area contributed by atoms with Gasteiger partial charge in [0.25, 0.3) is 0 Å². The Morgan fingerprint density at radius 1 is 0.800 bits per heavy atom. The van der Waals surface area contributed by atoms with Gasteiger partial charge < -0.3 is 4.74 Å². The van der Waals surface area contributed by atoms with E-state index in [2.05, 4.69) is 11.7 Å². The Hall–Kier alpha value is -1.19. The lowest BCUT2D eigenvalue weighted by atomic mass is 9.68. The Bertz CT molecular complexity index is 507. The van der Waals surface area contributed by atoms with E-state index in [9.17, 15) is 13.2 Å². The minimum Gasteiger partial charge on any atom is -0.406 e. The van der Waals surface area contributed by atoms with Crippen molar-refractivity contribution >= 4 is 0 Å². The van der Waals surface area contributed by atoms with Crippen LogP contribution >= 0.6 is 0 Å². The van der Waals surface area contributed by atoms with Crippen LogP contribution in [0.4, 0.5) is 13.2 Å². The van der Waals surface area contributed by atoms with Crippen molar-refractivity contribution in [3.05, 3.63) is 29.8 Å². The zero-order valence-electron chi connectivity index (χ0n) is 14.3. The molecular weight excluding hydrogens is 325 g/mol. The van der Waals surface area contributed by atoms with Crippen LogP contribution in [-0.2, 0) is 0 Å². The zero-order valence-corrected chi connectivity index (χ0v) is 14.3. The molecule has 2 aliphatic carbocycles. The Morgan fingerprint density at radius 3 is 1.76 bits per heavy atom. The lowest BCUT2D eigenvalue weighted by Crippen LogP contribution is -2.24. The molecule has 2 fully saturated rings. The molecule has 1 nitrogen and oxygen atoms in total. The minimum absolute atomic E-state index is 0. The molecule has 25 heavy (non-hydrogen) atoms. The quantitative estimate of drug-likeness (QED) is 0.551. The summed E-state index contributed by atoms with van der Waals surface area (Å²) in [6.07, 6.45) is 5.79. The van der Waals surface area contributed by atoms with Crippen LogP contribution in [-0.4, -0.2) is 6.36 Å². The number of rotatable bonds is 3. The largest absolute Gasteiger partial charge is 0.573 e. The van der Waals surface area contributed by atoms with Gasteiger partial charge >= 0.3 is 6.36 Å². The first-order valence-electron chi connectivity index (χ1n) is 9.26.